The van der Waals surface area contributed by atoms with Crippen molar-refractivity contribution in [3.05, 3.63) is 73.1 Å². The van der Waals surface area contributed by atoms with Gasteiger partial charge in [0.25, 0.3) is 0 Å². The molecule has 2 heterocycles. The van der Waals surface area contributed by atoms with Crippen molar-refractivity contribution in [3.8, 4) is 0 Å². The number of hydrogen-bond acceptors (Lipinski definition) is 5. The summed E-state index contributed by atoms with van der Waals surface area (Å²) in [5.74, 6) is -0.984. The van der Waals surface area contributed by atoms with Crippen LogP contribution in [0.25, 0.3) is 0 Å². The Morgan fingerprint density at radius 2 is 1.74 bits per heavy atom. The first-order chi connectivity index (χ1) is 16.3. The number of carbonyl (C=O) groups excluding carboxylic acids is 2. The number of piperidine rings is 1. The van der Waals surface area contributed by atoms with Gasteiger partial charge < -0.3 is 15.1 Å². The van der Waals surface area contributed by atoms with Crippen LogP contribution in [0.15, 0.2) is 72.1 Å². The number of rotatable bonds is 7. The molecule has 2 fully saturated rings. The summed E-state index contributed by atoms with van der Waals surface area (Å²) in [5.41, 5.74) is -0.116. The maximum absolute atomic E-state index is 13.6. The van der Waals surface area contributed by atoms with E-state index in [2.05, 4.69) is 11.9 Å². The third-order valence-corrected chi connectivity index (χ3v) is 8.27. The Kier molecular flexibility index (Phi) is 6.72. The second-order valence-electron chi connectivity index (χ2n) is 8.39. The first kappa shape index (κ1) is 23.9. The monoisotopic (exact) mass is 486 g/mol. The zero-order chi connectivity index (χ0) is 24.3. The van der Waals surface area contributed by atoms with Gasteiger partial charge in [-0.25, -0.2) is 12.8 Å². The van der Waals surface area contributed by atoms with E-state index >= 15 is 0 Å². The van der Waals surface area contributed by atoms with Gasteiger partial charge in [-0.3, -0.25) is 9.59 Å². The molecule has 0 aliphatic carbocycles. The average molecular weight is 487 g/mol. The predicted molar refractivity (Wildman–Crippen MR) is 126 cm³/mol. The molecule has 2 aliphatic heterocycles. The number of halogens is 1. The Labute approximate surface area is 198 Å². The molecule has 34 heavy (non-hydrogen) atoms. The highest BCUT2D eigenvalue weighted by molar-refractivity contribution is 7.89. The zero-order valence-corrected chi connectivity index (χ0v) is 19.5. The summed E-state index contributed by atoms with van der Waals surface area (Å²) in [6.07, 6.45) is 2.11. The molecule has 2 aromatic carbocycles. The SMILES string of the molecule is C=CCNC(=O)CN1CN(c2ccccc2)C2(CCN(S(=O)(=O)c3ccc(F)cc3)CC2)C1=O. The molecule has 0 unspecified atom stereocenters. The van der Waals surface area contributed by atoms with Crippen molar-refractivity contribution >= 4 is 27.5 Å². The van der Waals surface area contributed by atoms with Crippen molar-refractivity contribution in [2.75, 3.05) is 37.7 Å². The molecule has 0 radical (unpaired) electrons. The van der Waals surface area contributed by atoms with E-state index in [4.69, 9.17) is 0 Å². The highest BCUT2D eigenvalue weighted by Gasteiger charge is 2.55. The minimum atomic E-state index is -3.82. The van der Waals surface area contributed by atoms with Gasteiger partial charge in [0.1, 0.15) is 17.9 Å². The van der Waals surface area contributed by atoms with Crippen LogP contribution in [-0.4, -0.2) is 67.8 Å². The molecule has 2 aromatic rings. The van der Waals surface area contributed by atoms with Gasteiger partial charge in [-0.2, -0.15) is 4.31 Å². The lowest BCUT2D eigenvalue weighted by molar-refractivity contribution is -0.137. The summed E-state index contributed by atoms with van der Waals surface area (Å²) in [4.78, 5) is 29.4. The van der Waals surface area contributed by atoms with Crippen molar-refractivity contribution < 1.29 is 22.4 Å². The Hall–Kier alpha value is -3.24. The van der Waals surface area contributed by atoms with Crippen molar-refractivity contribution in [1.29, 1.82) is 0 Å². The van der Waals surface area contributed by atoms with Crippen LogP contribution in [0.4, 0.5) is 10.1 Å². The van der Waals surface area contributed by atoms with Gasteiger partial charge in [-0.1, -0.05) is 24.3 Å². The molecule has 4 rings (SSSR count). The Morgan fingerprint density at radius 1 is 1.09 bits per heavy atom. The molecule has 2 amide bonds. The number of benzene rings is 2. The first-order valence-electron chi connectivity index (χ1n) is 11.0. The zero-order valence-electron chi connectivity index (χ0n) is 18.7. The Bertz CT molecular complexity index is 1160. The van der Waals surface area contributed by atoms with Gasteiger partial charge in [0.15, 0.2) is 0 Å². The number of nitrogens with one attached hydrogen (secondary N) is 1. The van der Waals surface area contributed by atoms with Crippen molar-refractivity contribution in [3.63, 3.8) is 0 Å². The standard InChI is InChI=1S/C24H27FN4O4S/c1-2-14-26-22(30)17-27-18-29(20-6-4-3-5-7-20)24(23(27)31)12-15-28(16-13-24)34(32,33)21-10-8-19(25)9-11-21/h2-11H,1,12-18H2,(H,26,30). The van der Waals surface area contributed by atoms with Crippen LogP contribution in [0.2, 0.25) is 0 Å². The van der Waals surface area contributed by atoms with E-state index in [9.17, 15) is 22.4 Å². The highest BCUT2D eigenvalue weighted by atomic mass is 32.2. The fourth-order valence-corrected chi connectivity index (χ4v) is 6.03. The number of carbonyl (C=O) groups is 2. The van der Waals surface area contributed by atoms with Gasteiger partial charge in [-0.05, 0) is 49.2 Å². The number of sulfonamides is 1. The number of hydrogen-bond donors (Lipinski definition) is 1. The van der Waals surface area contributed by atoms with Crippen LogP contribution in [0.3, 0.4) is 0 Å². The quantitative estimate of drug-likeness (QED) is 0.605. The van der Waals surface area contributed by atoms with Gasteiger partial charge in [-0.15, -0.1) is 6.58 Å². The minimum Gasteiger partial charge on any atom is -0.351 e. The third kappa shape index (κ3) is 4.43. The van der Waals surface area contributed by atoms with Gasteiger partial charge in [0.05, 0.1) is 11.6 Å². The van der Waals surface area contributed by atoms with Crippen LogP contribution < -0.4 is 10.2 Å². The van der Waals surface area contributed by atoms with E-state index in [-0.39, 0.29) is 55.9 Å². The van der Waals surface area contributed by atoms with Gasteiger partial charge in [0, 0.05) is 25.3 Å². The van der Waals surface area contributed by atoms with E-state index < -0.39 is 21.4 Å². The van der Waals surface area contributed by atoms with Gasteiger partial charge in [0.2, 0.25) is 21.8 Å². The molecule has 1 N–H and O–H groups in total. The fraction of sp³-hybridized carbons (Fsp3) is 0.333. The summed E-state index contributed by atoms with van der Waals surface area (Å²) in [6.45, 7) is 4.29. The van der Waals surface area contributed by atoms with E-state index in [0.717, 1.165) is 17.8 Å². The van der Waals surface area contributed by atoms with Crippen molar-refractivity contribution in [2.45, 2.75) is 23.3 Å². The average Bonchev–Trinajstić information content (AvgIpc) is 3.10. The Balaban J connectivity index is 1.57. The molecule has 0 bridgehead atoms. The lowest BCUT2D eigenvalue weighted by Crippen LogP contribution is -2.57. The van der Waals surface area contributed by atoms with E-state index in [1.807, 2.05) is 35.2 Å². The molecule has 0 saturated carbocycles. The number of amides is 2. The molecular formula is C24H27FN4O4S. The highest BCUT2D eigenvalue weighted by Crippen LogP contribution is 2.40. The summed E-state index contributed by atoms with van der Waals surface area (Å²) in [6, 6.07) is 14.2. The Morgan fingerprint density at radius 3 is 2.35 bits per heavy atom. The molecular weight excluding hydrogens is 459 g/mol. The van der Waals surface area contributed by atoms with Gasteiger partial charge >= 0.3 is 0 Å². The molecule has 8 nitrogen and oxygen atoms in total. The summed E-state index contributed by atoms with van der Waals surface area (Å²) < 4.78 is 40.8. The molecule has 180 valence electrons. The maximum atomic E-state index is 13.6. The molecule has 2 saturated heterocycles. The lowest BCUT2D eigenvalue weighted by atomic mass is 9.86. The normalized spacial score (nSPS) is 18.3. The first-order valence-corrected chi connectivity index (χ1v) is 12.5. The second kappa shape index (κ2) is 9.55. The van der Waals surface area contributed by atoms with Crippen molar-refractivity contribution in [2.24, 2.45) is 0 Å². The lowest BCUT2D eigenvalue weighted by Gasteiger charge is -2.42. The van der Waals surface area contributed by atoms with E-state index in [1.165, 1.54) is 21.3 Å². The number of para-hydroxylation sites is 1. The van der Waals surface area contributed by atoms with E-state index in [1.54, 1.807) is 6.08 Å². The van der Waals surface area contributed by atoms with Crippen LogP contribution in [0.1, 0.15) is 12.8 Å². The summed E-state index contributed by atoms with van der Waals surface area (Å²) in [5, 5.41) is 2.69. The van der Waals surface area contributed by atoms with Crippen LogP contribution in [0, 0.1) is 5.82 Å². The fourth-order valence-electron chi connectivity index (χ4n) is 4.59. The van der Waals surface area contributed by atoms with Crippen LogP contribution in [-0.2, 0) is 19.6 Å². The smallest absolute Gasteiger partial charge is 0.250 e. The van der Waals surface area contributed by atoms with E-state index in [0.29, 0.717) is 6.54 Å². The second-order valence-corrected chi connectivity index (χ2v) is 10.3. The van der Waals surface area contributed by atoms with Crippen LogP contribution >= 0.6 is 0 Å². The minimum absolute atomic E-state index is 0.0167. The summed E-state index contributed by atoms with van der Waals surface area (Å²) in [7, 11) is -3.82. The van der Waals surface area contributed by atoms with Crippen molar-refractivity contribution in [1.82, 2.24) is 14.5 Å². The topological polar surface area (TPSA) is 90.0 Å². The molecule has 1 spiro atoms. The molecule has 0 aromatic heterocycles. The van der Waals surface area contributed by atoms with Crippen LogP contribution in [0.5, 0.6) is 0 Å². The largest absolute Gasteiger partial charge is 0.351 e. The molecule has 2 aliphatic rings. The third-order valence-electron chi connectivity index (χ3n) is 6.36. The molecule has 0 atom stereocenters. The molecule has 10 heteroatoms. The number of anilines is 1. The number of nitrogens with zero attached hydrogens (tertiary/aromatic N) is 3. The predicted octanol–water partition coefficient (Wildman–Crippen LogP) is 1.96. The maximum Gasteiger partial charge on any atom is 0.250 e. The summed E-state index contributed by atoms with van der Waals surface area (Å²) >= 11 is 0.